The van der Waals surface area contributed by atoms with Gasteiger partial charge in [0.1, 0.15) is 0 Å². The van der Waals surface area contributed by atoms with Crippen molar-refractivity contribution in [1.82, 2.24) is 10.3 Å². The van der Waals surface area contributed by atoms with Gasteiger partial charge in [-0.1, -0.05) is 6.42 Å². The van der Waals surface area contributed by atoms with E-state index in [4.69, 9.17) is 0 Å². The normalized spacial score (nSPS) is 18.4. The Kier molecular flexibility index (Phi) is 4.62. The van der Waals surface area contributed by atoms with Gasteiger partial charge in [-0.2, -0.15) is 0 Å². The molecule has 1 aromatic rings. The molecule has 0 saturated heterocycles. The molecule has 1 aliphatic carbocycles. The summed E-state index contributed by atoms with van der Waals surface area (Å²) in [6.45, 7) is 0.485. The van der Waals surface area contributed by atoms with E-state index >= 15 is 0 Å². The largest absolute Gasteiger partial charge is 0.350 e. The Labute approximate surface area is 120 Å². The molecule has 1 heterocycles. The minimum atomic E-state index is -0.894. The molecular formula is C13H18N2O2S2. The molecule has 4 nitrogen and oxygen atoms in total. The third-order valence-electron chi connectivity index (χ3n) is 3.65. The minimum absolute atomic E-state index is 0.142. The second-order valence-electron chi connectivity index (χ2n) is 4.76. The summed E-state index contributed by atoms with van der Waals surface area (Å²) >= 11 is 1.54. The number of pyridine rings is 1. The van der Waals surface area contributed by atoms with Crippen LogP contribution in [0, 0.1) is 0 Å². The maximum Gasteiger partial charge on any atom is 0.252 e. The summed E-state index contributed by atoms with van der Waals surface area (Å²) < 4.78 is 11.5. The lowest BCUT2D eigenvalue weighted by Crippen LogP contribution is -2.50. The first-order valence-electron chi connectivity index (χ1n) is 6.19. The van der Waals surface area contributed by atoms with Crippen LogP contribution in [0.15, 0.2) is 23.4 Å². The highest BCUT2D eigenvalue weighted by Crippen LogP contribution is 2.36. The van der Waals surface area contributed by atoms with Crippen LogP contribution in [0.4, 0.5) is 0 Å². The van der Waals surface area contributed by atoms with Gasteiger partial charge in [0.25, 0.3) is 5.91 Å². The Morgan fingerprint density at radius 3 is 2.68 bits per heavy atom. The lowest BCUT2D eigenvalue weighted by molar-refractivity contribution is 0.0943. The van der Waals surface area contributed by atoms with Crippen molar-refractivity contribution in [3.05, 3.63) is 23.9 Å². The predicted octanol–water partition coefficient (Wildman–Crippen LogP) is 1.83. The molecule has 104 valence electrons. The van der Waals surface area contributed by atoms with Crippen LogP contribution in [0.1, 0.15) is 29.6 Å². The van der Waals surface area contributed by atoms with Crippen molar-refractivity contribution in [2.24, 2.45) is 0 Å². The van der Waals surface area contributed by atoms with Crippen molar-refractivity contribution in [2.45, 2.75) is 29.0 Å². The quantitative estimate of drug-likeness (QED) is 0.843. The van der Waals surface area contributed by atoms with Crippen LogP contribution >= 0.6 is 11.8 Å². The van der Waals surface area contributed by atoms with Gasteiger partial charge in [0, 0.05) is 29.8 Å². The van der Waals surface area contributed by atoms with Gasteiger partial charge in [0.15, 0.2) is 0 Å². The van der Waals surface area contributed by atoms with Gasteiger partial charge in [0.2, 0.25) is 0 Å². The lowest BCUT2D eigenvalue weighted by atomic mass is 9.84. The minimum Gasteiger partial charge on any atom is -0.350 e. The summed E-state index contributed by atoms with van der Waals surface area (Å²) in [6, 6.07) is 3.60. The number of carbonyl (C=O) groups excluding carboxylic acids is 1. The molecular weight excluding hydrogens is 280 g/mol. The zero-order valence-corrected chi connectivity index (χ0v) is 12.8. The smallest absolute Gasteiger partial charge is 0.252 e. The van der Waals surface area contributed by atoms with E-state index in [-0.39, 0.29) is 10.7 Å². The van der Waals surface area contributed by atoms with Gasteiger partial charge in [-0.25, -0.2) is 4.98 Å². The Hall–Kier alpha value is -0.880. The fraction of sp³-hybridized carbons (Fsp3) is 0.538. The molecule has 1 amide bonds. The number of rotatable bonds is 5. The van der Waals surface area contributed by atoms with Crippen molar-refractivity contribution in [1.29, 1.82) is 0 Å². The van der Waals surface area contributed by atoms with E-state index in [0.29, 0.717) is 12.1 Å². The van der Waals surface area contributed by atoms with Gasteiger partial charge >= 0.3 is 0 Å². The van der Waals surface area contributed by atoms with Crippen molar-refractivity contribution in [3.8, 4) is 0 Å². The van der Waals surface area contributed by atoms with Gasteiger partial charge in [0.05, 0.1) is 15.3 Å². The Morgan fingerprint density at radius 1 is 1.53 bits per heavy atom. The molecule has 2 rings (SSSR count). The van der Waals surface area contributed by atoms with Gasteiger partial charge in [-0.3, -0.25) is 9.00 Å². The van der Waals surface area contributed by atoms with Crippen molar-refractivity contribution < 1.29 is 9.00 Å². The molecule has 19 heavy (non-hydrogen) atoms. The molecule has 1 aliphatic rings. The Morgan fingerprint density at radius 2 is 2.26 bits per heavy atom. The summed E-state index contributed by atoms with van der Waals surface area (Å²) in [7, 11) is -0.894. The molecule has 1 aromatic heterocycles. The van der Waals surface area contributed by atoms with Crippen LogP contribution in [-0.2, 0) is 10.8 Å². The van der Waals surface area contributed by atoms with E-state index < -0.39 is 10.8 Å². The highest BCUT2D eigenvalue weighted by molar-refractivity contribution is 7.98. The number of nitrogens with zero attached hydrogens (tertiary/aromatic N) is 1. The summed E-state index contributed by atoms with van der Waals surface area (Å²) in [6.07, 6.45) is 8.20. The first-order chi connectivity index (χ1) is 9.07. The Bertz CT molecular complexity index is 484. The molecule has 0 unspecified atom stereocenters. The standard InChI is InChI=1S/C13H18N2O2S2/c1-18-11-5-4-10(8-14-11)12(16)15-9-13(19(2)17)6-3-7-13/h4-5,8H,3,6-7,9H2,1-2H3,(H,15,16)/t19-/m0/s1. The molecule has 1 saturated carbocycles. The van der Waals surface area contributed by atoms with Crippen LogP contribution in [0.3, 0.4) is 0 Å². The molecule has 6 heteroatoms. The third-order valence-corrected chi connectivity index (χ3v) is 6.09. The lowest BCUT2D eigenvalue weighted by Gasteiger charge is -2.39. The maximum atomic E-state index is 12.0. The molecule has 0 bridgehead atoms. The van der Waals surface area contributed by atoms with E-state index in [9.17, 15) is 9.00 Å². The molecule has 1 N–H and O–H groups in total. The number of thioether (sulfide) groups is 1. The van der Waals surface area contributed by atoms with E-state index in [2.05, 4.69) is 10.3 Å². The van der Waals surface area contributed by atoms with Crippen molar-refractivity contribution in [3.63, 3.8) is 0 Å². The number of hydrogen-bond donors (Lipinski definition) is 1. The number of amides is 1. The topological polar surface area (TPSA) is 59.1 Å². The number of nitrogens with one attached hydrogen (secondary N) is 1. The summed E-state index contributed by atoms with van der Waals surface area (Å²) in [5, 5.41) is 3.77. The SMILES string of the molecule is CSc1ccc(C(=O)NCC2([S@](C)=O)CCC2)cn1. The second-order valence-corrected chi connectivity index (χ2v) is 7.36. The third kappa shape index (κ3) is 3.17. The molecule has 1 atom stereocenters. The number of carbonyl (C=O) groups is 1. The molecule has 0 spiro atoms. The molecule has 0 aromatic carbocycles. The molecule has 0 radical (unpaired) electrons. The van der Waals surface area contributed by atoms with Crippen molar-refractivity contribution in [2.75, 3.05) is 19.1 Å². The zero-order chi connectivity index (χ0) is 13.9. The summed E-state index contributed by atoms with van der Waals surface area (Å²) in [5.74, 6) is -0.142. The summed E-state index contributed by atoms with van der Waals surface area (Å²) in [4.78, 5) is 16.2. The fourth-order valence-electron chi connectivity index (χ4n) is 2.12. The highest BCUT2D eigenvalue weighted by Gasteiger charge is 2.41. The van der Waals surface area contributed by atoms with E-state index in [1.54, 1.807) is 30.3 Å². The van der Waals surface area contributed by atoms with Crippen LogP contribution in [0.5, 0.6) is 0 Å². The van der Waals surface area contributed by atoms with Gasteiger partial charge in [-0.05, 0) is 31.2 Å². The van der Waals surface area contributed by atoms with Crippen LogP contribution in [0.25, 0.3) is 0 Å². The van der Waals surface area contributed by atoms with E-state index in [0.717, 1.165) is 24.3 Å². The fourth-order valence-corrected chi connectivity index (χ4v) is 3.62. The average Bonchev–Trinajstić information content (AvgIpc) is 2.37. The van der Waals surface area contributed by atoms with E-state index in [1.165, 1.54) is 0 Å². The highest BCUT2D eigenvalue weighted by atomic mass is 32.2. The number of aromatic nitrogens is 1. The van der Waals surface area contributed by atoms with Crippen molar-refractivity contribution >= 4 is 28.5 Å². The van der Waals surface area contributed by atoms with E-state index in [1.807, 2.05) is 12.3 Å². The first-order valence-corrected chi connectivity index (χ1v) is 8.97. The Balaban J connectivity index is 1.95. The number of hydrogen-bond acceptors (Lipinski definition) is 4. The zero-order valence-electron chi connectivity index (χ0n) is 11.1. The monoisotopic (exact) mass is 298 g/mol. The van der Waals surface area contributed by atoms with Gasteiger partial charge < -0.3 is 5.32 Å². The predicted molar refractivity (Wildman–Crippen MR) is 79.0 cm³/mol. The second kappa shape index (κ2) is 6.05. The molecule has 1 fully saturated rings. The first kappa shape index (κ1) is 14.5. The van der Waals surface area contributed by atoms with Crippen LogP contribution in [-0.4, -0.2) is 38.9 Å². The van der Waals surface area contributed by atoms with Crippen LogP contribution < -0.4 is 5.32 Å². The summed E-state index contributed by atoms with van der Waals surface area (Å²) in [5.41, 5.74) is 0.550. The van der Waals surface area contributed by atoms with Gasteiger partial charge in [-0.15, -0.1) is 11.8 Å². The molecule has 0 aliphatic heterocycles. The van der Waals surface area contributed by atoms with Crippen LogP contribution in [0.2, 0.25) is 0 Å². The average molecular weight is 298 g/mol. The maximum absolute atomic E-state index is 12.0.